The lowest BCUT2D eigenvalue weighted by molar-refractivity contribution is -0.125. The van der Waals surface area contributed by atoms with E-state index in [1.807, 2.05) is 58.5 Å². The van der Waals surface area contributed by atoms with Gasteiger partial charge in [0.05, 0.1) is 0 Å². The third-order valence-electron chi connectivity index (χ3n) is 6.44. The van der Waals surface area contributed by atoms with Gasteiger partial charge in [0.1, 0.15) is 0 Å². The van der Waals surface area contributed by atoms with Crippen molar-refractivity contribution in [2.24, 2.45) is 5.41 Å². The molecule has 1 spiro atoms. The van der Waals surface area contributed by atoms with Gasteiger partial charge in [-0.1, -0.05) is 36.9 Å². The normalized spacial score (nSPS) is 20.1. The molecule has 29 heavy (non-hydrogen) atoms. The van der Waals surface area contributed by atoms with Gasteiger partial charge < -0.3 is 14.8 Å². The summed E-state index contributed by atoms with van der Waals surface area (Å²) in [4.78, 5) is 32.3. The van der Waals surface area contributed by atoms with Crippen LogP contribution in [-0.2, 0) is 4.79 Å². The Labute approximate surface area is 169 Å². The molecule has 2 amide bonds. The molecule has 5 rings (SSSR count). The number of amides is 2. The molecular weight excluding hydrogens is 362 g/mol. The van der Waals surface area contributed by atoms with Crippen molar-refractivity contribution < 1.29 is 9.59 Å². The van der Waals surface area contributed by atoms with E-state index in [9.17, 15) is 9.59 Å². The highest BCUT2D eigenvalue weighted by Crippen LogP contribution is 2.49. The van der Waals surface area contributed by atoms with Gasteiger partial charge in [-0.2, -0.15) is 0 Å². The molecule has 0 aliphatic carbocycles. The quantitative estimate of drug-likeness (QED) is 0.703. The highest BCUT2D eigenvalue weighted by Gasteiger charge is 2.56. The summed E-state index contributed by atoms with van der Waals surface area (Å²) in [5.74, 6) is 0.244. The Morgan fingerprint density at radius 3 is 2.55 bits per heavy atom. The predicted octanol–water partition coefficient (Wildman–Crippen LogP) is 3.42. The van der Waals surface area contributed by atoms with Crippen LogP contribution in [0.1, 0.15) is 21.8 Å². The molecule has 2 aliphatic rings. The van der Waals surface area contributed by atoms with Gasteiger partial charge in [-0.05, 0) is 35.9 Å². The molecule has 2 fully saturated rings. The van der Waals surface area contributed by atoms with Gasteiger partial charge in [0, 0.05) is 60.2 Å². The zero-order valence-corrected chi connectivity index (χ0v) is 16.2. The molecule has 0 bridgehead atoms. The van der Waals surface area contributed by atoms with Crippen molar-refractivity contribution in [2.75, 3.05) is 26.2 Å². The van der Waals surface area contributed by atoms with Crippen LogP contribution in [0.25, 0.3) is 10.9 Å². The monoisotopic (exact) mass is 385 g/mol. The number of benzene rings is 2. The second-order valence-corrected chi connectivity index (χ2v) is 8.19. The largest absolute Gasteiger partial charge is 0.361 e. The molecule has 2 aliphatic heterocycles. The first kappa shape index (κ1) is 17.7. The third-order valence-corrected chi connectivity index (χ3v) is 6.44. The van der Waals surface area contributed by atoms with Crippen molar-refractivity contribution in [1.29, 1.82) is 0 Å². The second kappa shape index (κ2) is 6.62. The number of likely N-dealkylation sites (tertiary alicyclic amines) is 2. The van der Waals surface area contributed by atoms with Crippen molar-refractivity contribution in [1.82, 2.24) is 14.8 Å². The van der Waals surface area contributed by atoms with E-state index in [1.54, 1.807) is 0 Å². The fraction of sp³-hybridized carbons (Fsp3) is 0.250. The second-order valence-electron chi connectivity index (χ2n) is 8.19. The smallest absolute Gasteiger partial charge is 0.253 e. The number of carbonyl (C=O) groups is 2. The number of aromatic nitrogens is 1. The minimum absolute atomic E-state index is 0.0366. The van der Waals surface area contributed by atoms with Crippen LogP contribution in [0.3, 0.4) is 0 Å². The summed E-state index contributed by atoms with van der Waals surface area (Å²) in [5.41, 5.74) is 2.88. The van der Waals surface area contributed by atoms with Gasteiger partial charge in [0.2, 0.25) is 5.91 Å². The predicted molar refractivity (Wildman–Crippen MR) is 113 cm³/mol. The number of aromatic amines is 1. The lowest BCUT2D eigenvalue weighted by Crippen LogP contribution is -2.61. The Bertz CT molecular complexity index is 1100. The standard InChI is InChI=1S/C24H23N3O2/c1-2-22(28)26-13-20(17-6-4-3-5-7-17)24(14-26)15-27(16-24)23(29)19-8-9-21-18(12-19)10-11-25-21/h2-12,20,25H,1,13-16H2/t20-/m0/s1. The molecule has 5 heteroatoms. The number of hydrogen-bond donors (Lipinski definition) is 1. The molecule has 5 nitrogen and oxygen atoms in total. The Hall–Kier alpha value is -3.34. The summed E-state index contributed by atoms with van der Waals surface area (Å²) in [6.45, 7) is 6.31. The fourth-order valence-electron chi connectivity index (χ4n) is 4.96. The molecule has 146 valence electrons. The molecule has 2 aromatic carbocycles. The van der Waals surface area contributed by atoms with Gasteiger partial charge in [0.25, 0.3) is 5.91 Å². The third kappa shape index (κ3) is 2.85. The number of fused-ring (bicyclic) bond motifs is 1. The van der Waals surface area contributed by atoms with E-state index in [0.29, 0.717) is 31.7 Å². The maximum absolute atomic E-state index is 13.1. The number of H-pyrrole nitrogens is 1. The lowest BCUT2D eigenvalue weighted by Gasteiger charge is -2.51. The van der Waals surface area contributed by atoms with Crippen molar-refractivity contribution in [3.8, 4) is 0 Å². The van der Waals surface area contributed by atoms with E-state index < -0.39 is 0 Å². The van der Waals surface area contributed by atoms with Crippen molar-refractivity contribution in [3.05, 3.63) is 84.6 Å². The minimum atomic E-state index is -0.0894. The first-order chi connectivity index (χ1) is 14.1. The van der Waals surface area contributed by atoms with E-state index in [0.717, 1.165) is 10.9 Å². The molecule has 1 N–H and O–H groups in total. The van der Waals surface area contributed by atoms with Crippen LogP contribution in [0.5, 0.6) is 0 Å². The van der Waals surface area contributed by atoms with E-state index in [4.69, 9.17) is 0 Å². The van der Waals surface area contributed by atoms with Crippen LogP contribution < -0.4 is 0 Å². The maximum atomic E-state index is 13.1. The number of nitrogens with zero attached hydrogens (tertiary/aromatic N) is 2. The number of nitrogens with one attached hydrogen (secondary N) is 1. The SMILES string of the molecule is C=CC(=O)N1C[C@@H](c2ccccc2)C2(C1)CN(C(=O)c1ccc3[nH]ccc3c1)C2. The molecule has 2 saturated heterocycles. The van der Waals surface area contributed by atoms with Crippen LogP contribution in [-0.4, -0.2) is 52.8 Å². The van der Waals surface area contributed by atoms with Crippen molar-refractivity contribution in [2.45, 2.75) is 5.92 Å². The van der Waals surface area contributed by atoms with Crippen LogP contribution in [0.15, 0.2) is 73.4 Å². The first-order valence-electron chi connectivity index (χ1n) is 9.92. The summed E-state index contributed by atoms with van der Waals surface area (Å²) >= 11 is 0. The van der Waals surface area contributed by atoms with Crippen molar-refractivity contribution >= 4 is 22.7 Å². The number of carbonyl (C=O) groups excluding carboxylic acids is 2. The highest BCUT2D eigenvalue weighted by atomic mass is 16.2. The number of rotatable bonds is 3. The van der Waals surface area contributed by atoms with Crippen LogP contribution >= 0.6 is 0 Å². The topological polar surface area (TPSA) is 56.4 Å². The summed E-state index contributed by atoms with van der Waals surface area (Å²) in [6.07, 6.45) is 3.26. The zero-order chi connectivity index (χ0) is 20.0. The van der Waals surface area contributed by atoms with E-state index >= 15 is 0 Å². The molecule has 0 saturated carbocycles. The van der Waals surface area contributed by atoms with Crippen LogP contribution in [0.4, 0.5) is 0 Å². The van der Waals surface area contributed by atoms with Gasteiger partial charge in [-0.25, -0.2) is 0 Å². The molecule has 3 aromatic rings. The summed E-state index contributed by atoms with van der Waals surface area (Å²) in [5, 5.41) is 1.04. The molecular formula is C24H23N3O2. The molecule has 0 radical (unpaired) electrons. The maximum Gasteiger partial charge on any atom is 0.253 e. The number of hydrogen-bond acceptors (Lipinski definition) is 2. The fourth-order valence-corrected chi connectivity index (χ4v) is 4.96. The van der Waals surface area contributed by atoms with Gasteiger partial charge >= 0.3 is 0 Å². The summed E-state index contributed by atoms with van der Waals surface area (Å²) in [7, 11) is 0. The summed E-state index contributed by atoms with van der Waals surface area (Å²) in [6, 6.07) is 18.1. The average molecular weight is 385 g/mol. The van der Waals surface area contributed by atoms with E-state index in [-0.39, 0.29) is 23.1 Å². The Kier molecular flexibility index (Phi) is 4.05. The molecule has 1 atom stereocenters. The van der Waals surface area contributed by atoms with Gasteiger partial charge in [-0.15, -0.1) is 0 Å². The Morgan fingerprint density at radius 2 is 1.79 bits per heavy atom. The zero-order valence-electron chi connectivity index (χ0n) is 16.2. The molecule has 1 aromatic heterocycles. The average Bonchev–Trinajstić information content (AvgIpc) is 3.36. The Balaban J connectivity index is 1.39. The summed E-state index contributed by atoms with van der Waals surface area (Å²) < 4.78 is 0. The van der Waals surface area contributed by atoms with Gasteiger partial charge in [0.15, 0.2) is 0 Å². The van der Waals surface area contributed by atoms with Crippen molar-refractivity contribution in [3.63, 3.8) is 0 Å². The molecule has 0 unspecified atom stereocenters. The lowest BCUT2D eigenvalue weighted by atomic mass is 9.69. The molecule has 3 heterocycles. The highest BCUT2D eigenvalue weighted by molar-refractivity contribution is 5.98. The van der Waals surface area contributed by atoms with Gasteiger partial charge in [-0.3, -0.25) is 9.59 Å². The Morgan fingerprint density at radius 1 is 1.03 bits per heavy atom. The van der Waals surface area contributed by atoms with Crippen LogP contribution in [0, 0.1) is 5.41 Å². The van der Waals surface area contributed by atoms with E-state index in [2.05, 4.69) is 23.7 Å². The van der Waals surface area contributed by atoms with Crippen LogP contribution in [0.2, 0.25) is 0 Å². The first-order valence-corrected chi connectivity index (χ1v) is 9.92. The minimum Gasteiger partial charge on any atom is -0.361 e. The van der Waals surface area contributed by atoms with E-state index in [1.165, 1.54) is 11.6 Å².